The number of hydrogen-bond acceptors (Lipinski definition) is 2. The van der Waals surface area contributed by atoms with Crippen LogP contribution in [0.4, 0.5) is 0 Å². The second-order valence-corrected chi connectivity index (χ2v) is 5.73. The summed E-state index contributed by atoms with van der Waals surface area (Å²) in [5.74, 6) is -0.0807. The highest BCUT2D eigenvalue weighted by atomic mass is 16.3. The second-order valence-electron chi connectivity index (χ2n) is 5.73. The molecule has 0 spiro atoms. The Morgan fingerprint density at radius 3 is 2.14 bits per heavy atom. The van der Waals surface area contributed by atoms with Crippen molar-refractivity contribution in [3.63, 3.8) is 0 Å². The Labute approximate surface area is 126 Å². The van der Waals surface area contributed by atoms with Gasteiger partial charge in [0.15, 0.2) is 11.5 Å². The molecule has 0 aliphatic heterocycles. The molecule has 0 radical (unpaired) electrons. The summed E-state index contributed by atoms with van der Waals surface area (Å²) in [5, 5.41) is 28.7. The molecule has 2 heteroatoms. The van der Waals surface area contributed by atoms with E-state index in [9.17, 15) is 10.2 Å². The lowest BCUT2D eigenvalue weighted by molar-refractivity contribution is 0.412. The Balaban J connectivity index is 2.26. The van der Waals surface area contributed by atoms with E-state index in [-0.39, 0.29) is 11.5 Å². The minimum Gasteiger partial charge on any atom is -0.504 e. The zero-order valence-electron chi connectivity index (χ0n) is 11.7. The SMILES string of the molecule is Oc1c(O)c2cc3ccccc3c3ccc4cccc1c4c23. The molecule has 5 rings (SSSR count). The van der Waals surface area contributed by atoms with Crippen molar-refractivity contribution in [2.24, 2.45) is 0 Å². The Morgan fingerprint density at radius 1 is 0.500 bits per heavy atom. The van der Waals surface area contributed by atoms with Gasteiger partial charge in [0.05, 0.1) is 0 Å². The molecule has 0 aliphatic rings. The molecule has 22 heavy (non-hydrogen) atoms. The fourth-order valence-corrected chi connectivity index (χ4v) is 3.62. The van der Waals surface area contributed by atoms with Crippen LogP contribution in [0.3, 0.4) is 0 Å². The first kappa shape index (κ1) is 11.6. The minimum atomic E-state index is -0.0409. The first-order valence-corrected chi connectivity index (χ1v) is 7.26. The molecule has 0 amide bonds. The van der Waals surface area contributed by atoms with Gasteiger partial charge in [0.1, 0.15) is 0 Å². The minimum absolute atomic E-state index is 0.0399. The predicted molar refractivity (Wildman–Crippen MR) is 91.0 cm³/mol. The monoisotopic (exact) mass is 284 g/mol. The Bertz CT molecular complexity index is 1190. The van der Waals surface area contributed by atoms with Gasteiger partial charge in [-0.05, 0) is 27.6 Å². The number of benzene rings is 5. The van der Waals surface area contributed by atoms with Crippen LogP contribution in [0.25, 0.3) is 43.1 Å². The standard InChI is InChI=1S/C20H12O2/c21-19-15-7-3-5-11-8-9-14-13-6-2-1-4-12(13)10-16(20(19)22)18(14)17(11)15/h1-10,21-22H. The lowest BCUT2D eigenvalue weighted by atomic mass is 9.90. The smallest absolute Gasteiger partial charge is 0.166 e. The number of phenolic OH excluding ortho intramolecular Hbond substituents is 2. The second kappa shape index (κ2) is 3.80. The van der Waals surface area contributed by atoms with Crippen LogP contribution >= 0.6 is 0 Å². The van der Waals surface area contributed by atoms with Crippen LogP contribution in [-0.4, -0.2) is 10.2 Å². The lowest BCUT2D eigenvalue weighted by Crippen LogP contribution is -1.87. The molecule has 0 fully saturated rings. The molecule has 2 nitrogen and oxygen atoms in total. The van der Waals surface area contributed by atoms with Gasteiger partial charge in [-0.15, -0.1) is 0 Å². The Morgan fingerprint density at radius 2 is 1.23 bits per heavy atom. The van der Waals surface area contributed by atoms with Crippen LogP contribution in [-0.2, 0) is 0 Å². The number of aromatic hydroxyl groups is 2. The average molecular weight is 284 g/mol. The highest BCUT2D eigenvalue weighted by molar-refractivity contribution is 6.31. The summed E-state index contributed by atoms with van der Waals surface area (Å²) in [5.41, 5.74) is 0. The van der Waals surface area contributed by atoms with Gasteiger partial charge < -0.3 is 10.2 Å². The summed E-state index contributed by atoms with van der Waals surface area (Å²) < 4.78 is 0. The molecule has 104 valence electrons. The molecule has 0 heterocycles. The normalized spacial score (nSPS) is 12.0. The third-order valence-electron chi connectivity index (χ3n) is 4.60. The molecule has 0 unspecified atom stereocenters. The van der Waals surface area contributed by atoms with E-state index in [1.807, 2.05) is 42.5 Å². The van der Waals surface area contributed by atoms with Crippen molar-refractivity contribution in [3.8, 4) is 11.5 Å². The van der Waals surface area contributed by atoms with E-state index >= 15 is 0 Å². The molecule has 0 aliphatic carbocycles. The molecular weight excluding hydrogens is 272 g/mol. The fraction of sp³-hybridized carbons (Fsp3) is 0. The zero-order valence-corrected chi connectivity index (χ0v) is 11.7. The maximum absolute atomic E-state index is 10.5. The summed E-state index contributed by atoms with van der Waals surface area (Å²) >= 11 is 0. The number of hydrogen-bond donors (Lipinski definition) is 2. The van der Waals surface area contributed by atoms with Crippen LogP contribution in [0.2, 0.25) is 0 Å². The van der Waals surface area contributed by atoms with Gasteiger partial charge in [0.25, 0.3) is 0 Å². The van der Waals surface area contributed by atoms with E-state index in [1.54, 1.807) is 0 Å². The van der Waals surface area contributed by atoms with E-state index in [0.29, 0.717) is 10.8 Å². The summed E-state index contributed by atoms with van der Waals surface area (Å²) in [6.07, 6.45) is 0. The Hall–Kier alpha value is -3.00. The van der Waals surface area contributed by atoms with Gasteiger partial charge in [-0.2, -0.15) is 0 Å². The van der Waals surface area contributed by atoms with Crippen LogP contribution in [0.15, 0.2) is 60.7 Å². The van der Waals surface area contributed by atoms with Crippen molar-refractivity contribution in [1.82, 2.24) is 0 Å². The van der Waals surface area contributed by atoms with Crippen LogP contribution in [0, 0.1) is 0 Å². The number of rotatable bonds is 0. The maximum atomic E-state index is 10.5. The topological polar surface area (TPSA) is 40.5 Å². The summed E-state index contributed by atoms with van der Waals surface area (Å²) in [7, 11) is 0. The quantitative estimate of drug-likeness (QED) is 0.234. The van der Waals surface area contributed by atoms with E-state index in [1.165, 1.54) is 0 Å². The molecule has 0 bridgehead atoms. The van der Waals surface area contributed by atoms with Crippen LogP contribution in [0.1, 0.15) is 0 Å². The summed E-state index contributed by atoms with van der Waals surface area (Å²) in [6, 6.07) is 20.1. The highest BCUT2D eigenvalue weighted by Crippen LogP contribution is 2.47. The van der Waals surface area contributed by atoms with E-state index in [4.69, 9.17) is 0 Å². The molecule has 0 saturated carbocycles. The molecule has 0 aromatic heterocycles. The third kappa shape index (κ3) is 1.25. The number of phenols is 2. The van der Waals surface area contributed by atoms with Crippen LogP contribution in [0.5, 0.6) is 11.5 Å². The first-order valence-electron chi connectivity index (χ1n) is 7.26. The molecule has 5 aromatic carbocycles. The molecule has 0 atom stereocenters. The van der Waals surface area contributed by atoms with Crippen molar-refractivity contribution in [2.75, 3.05) is 0 Å². The average Bonchev–Trinajstić information content (AvgIpc) is 2.57. The zero-order chi connectivity index (χ0) is 14.8. The summed E-state index contributed by atoms with van der Waals surface area (Å²) in [6.45, 7) is 0. The molecular formula is C20H12O2. The predicted octanol–water partition coefficient (Wildman–Crippen LogP) is 5.15. The first-order chi connectivity index (χ1) is 10.8. The van der Waals surface area contributed by atoms with E-state index in [0.717, 1.165) is 32.3 Å². The van der Waals surface area contributed by atoms with Gasteiger partial charge in [0, 0.05) is 21.5 Å². The Kier molecular flexibility index (Phi) is 2.01. The van der Waals surface area contributed by atoms with Crippen LogP contribution < -0.4 is 0 Å². The molecule has 0 saturated heterocycles. The maximum Gasteiger partial charge on any atom is 0.166 e. The lowest BCUT2D eigenvalue weighted by Gasteiger charge is -2.15. The van der Waals surface area contributed by atoms with E-state index < -0.39 is 0 Å². The van der Waals surface area contributed by atoms with Gasteiger partial charge in [0.2, 0.25) is 0 Å². The largest absolute Gasteiger partial charge is 0.504 e. The van der Waals surface area contributed by atoms with Crippen molar-refractivity contribution in [2.45, 2.75) is 0 Å². The number of fused-ring (bicyclic) bond motifs is 2. The van der Waals surface area contributed by atoms with Gasteiger partial charge in [-0.3, -0.25) is 0 Å². The van der Waals surface area contributed by atoms with Gasteiger partial charge in [-0.1, -0.05) is 54.6 Å². The summed E-state index contributed by atoms with van der Waals surface area (Å²) in [4.78, 5) is 0. The fourth-order valence-electron chi connectivity index (χ4n) is 3.62. The van der Waals surface area contributed by atoms with Crippen molar-refractivity contribution >= 4 is 43.1 Å². The van der Waals surface area contributed by atoms with Crippen molar-refractivity contribution in [1.29, 1.82) is 0 Å². The molecule has 5 aromatic rings. The van der Waals surface area contributed by atoms with Gasteiger partial charge >= 0.3 is 0 Å². The van der Waals surface area contributed by atoms with Gasteiger partial charge in [-0.25, -0.2) is 0 Å². The van der Waals surface area contributed by atoms with Crippen molar-refractivity contribution < 1.29 is 10.2 Å². The third-order valence-corrected chi connectivity index (χ3v) is 4.60. The highest BCUT2D eigenvalue weighted by Gasteiger charge is 2.17. The molecule has 2 N–H and O–H groups in total. The van der Waals surface area contributed by atoms with E-state index in [2.05, 4.69) is 18.2 Å². The van der Waals surface area contributed by atoms with Crippen molar-refractivity contribution in [3.05, 3.63) is 60.7 Å².